The van der Waals surface area contributed by atoms with Crippen LogP contribution in [0.4, 0.5) is 0 Å². The highest BCUT2D eigenvalue weighted by Crippen LogP contribution is 2.43. The van der Waals surface area contributed by atoms with Crippen molar-refractivity contribution in [3.63, 3.8) is 0 Å². The molecule has 5 N–H and O–H groups in total. The standard InChI is InChI=1S/C47H91O14P.C6H15N/c1-3-5-7-9-11-13-15-17-19-21-23-25-27-29-31-33-42(49)57-38-40(60-43(50)34-32-30-28-26-24-22-20-18-16-14-12-10-8-6-4-2)39-59-62(54,55)58-36-35-56-47-46(53)45(52)44(51)41(37-48)61-47;1-4-7(5-2)6-3/h40-41,44-48,51-53H,3-39H2,1-2H3,(H,54,55);4-6H2,1-3H3/t40?,41-,44-,45+,46+,47?;/m1./s1. The average molecular weight is 1010 g/mol. The number of esters is 2. The van der Waals surface area contributed by atoms with E-state index >= 15 is 0 Å². The van der Waals surface area contributed by atoms with E-state index in [4.69, 9.17) is 28.0 Å². The number of carbonyl (C=O) groups is 2. The van der Waals surface area contributed by atoms with Gasteiger partial charge < -0.3 is 49.2 Å². The zero-order valence-electron chi connectivity index (χ0n) is 44.6. The number of phosphoric acid groups is 1. The van der Waals surface area contributed by atoms with Crippen LogP contribution in [0.15, 0.2) is 0 Å². The van der Waals surface area contributed by atoms with Gasteiger partial charge in [0.05, 0.1) is 26.4 Å². The van der Waals surface area contributed by atoms with Gasteiger partial charge in [-0.05, 0) is 32.5 Å². The second kappa shape index (κ2) is 47.8. The minimum atomic E-state index is -4.71. The fourth-order valence-electron chi connectivity index (χ4n) is 8.31. The summed E-state index contributed by atoms with van der Waals surface area (Å²) in [6, 6.07) is 0. The van der Waals surface area contributed by atoms with E-state index in [2.05, 4.69) is 39.5 Å². The van der Waals surface area contributed by atoms with E-state index in [1.807, 2.05) is 0 Å². The van der Waals surface area contributed by atoms with Gasteiger partial charge in [-0.3, -0.25) is 18.6 Å². The molecule has 412 valence electrons. The van der Waals surface area contributed by atoms with E-state index in [0.717, 1.165) is 38.5 Å². The van der Waals surface area contributed by atoms with Crippen molar-refractivity contribution in [3.05, 3.63) is 0 Å². The largest absolute Gasteiger partial charge is 0.472 e. The van der Waals surface area contributed by atoms with E-state index in [0.29, 0.717) is 12.8 Å². The quantitative estimate of drug-likeness (QED) is 0.0218. The molecule has 0 radical (unpaired) electrons. The van der Waals surface area contributed by atoms with Crippen molar-refractivity contribution in [1.82, 2.24) is 4.90 Å². The number of hydrogen-bond acceptors (Lipinski definition) is 14. The summed E-state index contributed by atoms with van der Waals surface area (Å²) in [5.74, 6) is -0.967. The molecule has 1 aliphatic rings. The third kappa shape index (κ3) is 39.9. The van der Waals surface area contributed by atoms with Gasteiger partial charge in [0.25, 0.3) is 0 Å². The predicted molar refractivity (Wildman–Crippen MR) is 275 cm³/mol. The van der Waals surface area contributed by atoms with Crippen LogP contribution in [0.1, 0.15) is 240 Å². The van der Waals surface area contributed by atoms with Crippen molar-refractivity contribution in [2.24, 2.45) is 0 Å². The van der Waals surface area contributed by atoms with Gasteiger partial charge in [0.1, 0.15) is 31.0 Å². The zero-order valence-corrected chi connectivity index (χ0v) is 45.4. The van der Waals surface area contributed by atoms with Crippen molar-refractivity contribution in [2.45, 2.75) is 277 Å². The molecular formula is C53H106NO14P. The smallest absolute Gasteiger partial charge is 0.462 e. The van der Waals surface area contributed by atoms with Gasteiger partial charge in [-0.15, -0.1) is 0 Å². The minimum Gasteiger partial charge on any atom is -0.462 e. The number of hydrogen-bond donors (Lipinski definition) is 5. The van der Waals surface area contributed by atoms with Crippen molar-refractivity contribution in [2.75, 3.05) is 52.7 Å². The van der Waals surface area contributed by atoms with E-state index < -0.39 is 76.4 Å². The second-order valence-corrected chi connectivity index (χ2v) is 20.4. The lowest BCUT2D eigenvalue weighted by Gasteiger charge is -2.39. The molecule has 0 saturated carbocycles. The Morgan fingerprint density at radius 3 is 1.29 bits per heavy atom. The third-order valence-electron chi connectivity index (χ3n) is 12.9. The highest BCUT2D eigenvalue weighted by Gasteiger charge is 2.44. The molecule has 0 amide bonds. The molecule has 1 aliphatic heterocycles. The molecule has 7 atom stereocenters. The monoisotopic (exact) mass is 1010 g/mol. The van der Waals surface area contributed by atoms with Crippen LogP contribution in [-0.2, 0) is 42.1 Å². The summed E-state index contributed by atoms with van der Waals surface area (Å²) < 4.78 is 44.2. The van der Waals surface area contributed by atoms with Crippen LogP contribution in [0, 0.1) is 0 Å². The Bertz CT molecular complexity index is 1190. The van der Waals surface area contributed by atoms with Crippen LogP contribution in [0.3, 0.4) is 0 Å². The van der Waals surface area contributed by atoms with Crippen LogP contribution < -0.4 is 0 Å². The Balaban J connectivity index is 0.00000609. The lowest BCUT2D eigenvalue weighted by Crippen LogP contribution is -2.59. The molecule has 69 heavy (non-hydrogen) atoms. The Hall–Kier alpha value is -1.23. The Labute approximate surface area is 420 Å². The van der Waals surface area contributed by atoms with Crippen molar-refractivity contribution in [1.29, 1.82) is 0 Å². The topological polar surface area (TPSA) is 211 Å². The van der Waals surface area contributed by atoms with Gasteiger partial charge in [0.2, 0.25) is 0 Å². The third-order valence-corrected chi connectivity index (χ3v) is 13.9. The fourth-order valence-corrected chi connectivity index (χ4v) is 9.04. The number of aliphatic hydroxyl groups excluding tert-OH is 4. The molecule has 0 aromatic carbocycles. The summed E-state index contributed by atoms with van der Waals surface area (Å²) in [4.78, 5) is 38.0. The van der Waals surface area contributed by atoms with Crippen LogP contribution >= 0.6 is 7.82 Å². The first-order chi connectivity index (χ1) is 33.4. The zero-order chi connectivity index (χ0) is 51.2. The second-order valence-electron chi connectivity index (χ2n) is 19.0. The first kappa shape index (κ1) is 67.8. The summed E-state index contributed by atoms with van der Waals surface area (Å²) >= 11 is 0. The van der Waals surface area contributed by atoms with Crippen molar-refractivity contribution >= 4 is 19.8 Å². The van der Waals surface area contributed by atoms with E-state index in [1.54, 1.807) is 0 Å². The van der Waals surface area contributed by atoms with Gasteiger partial charge >= 0.3 is 19.8 Å². The molecule has 1 fully saturated rings. The van der Waals surface area contributed by atoms with Crippen LogP contribution in [0.25, 0.3) is 0 Å². The van der Waals surface area contributed by atoms with Crippen molar-refractivity contribution in [3.8, 4) is 0 Å². The average Bonchev–Trinajstić information content (AvgIpc) is 3.34. The van der Waals surface area contributed by atoms with E-state index in [1.165, 1.54) is 161 Å². The lowest BCUT2D eigenvalue weighted by molar-refractivity contribution is -0.301. The maximum atomic E-state index is 12.8. The summed E-state index contributed by atoms with van der Waals surface area (Å²) in [7, 11) is -4.71. The molecule has 0 aliphatic carbocycles. The number of rotatable bonds is 47. The number of ether oxygens (including phenoxy) is 4. The van der Waals surface area contributed by atoms with Gasteiger partial charge in [-0.25, -0.2) is 4.57 Å². The Morgan fingerprint density at radius 1 is 0.522 bits per heavy atom. The fraction of sp³-hybridized carbons (Fsp3) is 0.962. The van der Waals surface area contributed by atoms with Gasteiger partial charge in [-0.2, -0.15) is 0 Å². The van der Waals surface area contributed by atoms with E-state index in [-0.39, 0.29) is 26.1 Å². The highest BCUT2D eigenvalue weighted by atomic mass is 31.2. The van der Waals surface area contributed by atoms with Gasteiger partial charge in [0, 0.05) is 12.8 Å². The number of unbranched alkanes of at least 4 members (excludes halogenated alkanes) is 28. The summed E-state index contributed by atoms with van der Waals surface area (Å²) in [6.45, 7) is 12.2. The minimum absolute atomic E-state index is 0.157. The number of nitrogens with zero attached hydrogens (tertiary/aromatic N) is 1. The van der Waals surface area contributed by atoms with E-state index in [9.17, 15) is 39.5 Å². The number of phosphoric ester groups is 1. The summed E-state index contributed by atoms with van der Waals surface area (Å²) in [6.07, 6.45) is 28.1. The highest BCUT2D eigenvalue weighted by molar-refractivity contribution is 7.47. The molecule has 0 bridgehead atoms. The number of aliphatic hydroxyl groups is 4. The SMILES string of the molecule is CCCCCCCCCCCCCCCCCC(=O)OCC(COP(=O)(O)OCCOC1O[C@H](CO)[C@@H](O)[C@H](O)[C@@H]1O)OC(=O)CCCCCCCCCCCCCCCCC.CCN(CC)CC. The number of carbonyl (C=O) groups excluding carboxylic acids is 2. The Morgan fingerprint density at radius 2 is 0.913 bits per heavy atom. The molecule has 15 nitrogen and oxygen atoms in total. The Kier molecular flexibility index (Phi) is 46.9. The molecule has 1 rings (SSSR count). The first-order valence-corrected chi connectivity index (χ1v) is 29.5. The summed E-state index contributed by atoms with van der Waals surface area (Å²) in [5, 5.41) is 39.3. The molecule has 3 unspecified atom stereocenters. The van der Waals surface area contributed by atoms with Crippen LogP contribution in [-0.4, -0.2) is 132 Å². The maximum absolute atomic E-state index is 12.8. The van der Waals surface area contributed by atoms with Crippen LogP contribution in [0.2, 0.25) is 0 Å². The van der Waals surface area contributed by atoms with Crippen LogP contribution in [0.5, 0.6) is 0 Å². The molecular weight excluding hydrogens is 906 g/mol. The predicted octanol–water partition coefficient (Wildman–Crippen LogP) is 11.3. The molecule has 1 heterocycles. The first-order valence-electron chi connectivity index (χ1n) is 28.0. The maximum Gasteiger partial charge on any atom is 0.472 e. The lowest BCUT2D eigenvalue weighted by atomic mass is 9.99. The van der Waals surface area contributed by atoms with Crippen molar-refractivity contribution < 1.29 is 67.5 Å². The molecule has 0 spiro atoms. The molecule has 1 saturated heterocycles. The normalized spacial score (nSPS) is 19.5. The molecule has 16 heteroatoms. The van der Waals surface area contributed by atoms with Gasteiger partial charge in [-0.1, -0.05) is 214 Å². The summed E-state index contributed by atoms with van der Waals surface area (Å²) in [5.41, 5.74) is 0. The molecule has 0 aromatic heterocycles. The van der Waals surface area contributed by atoms with Gasteiger partial charge in [0.15, 0.2) is 12.4 Å². The molecule has 0 aromatic rings.